The highest BCUT2D eigenvalue weighted by Crippen LogP contribution is 2.32. The van der Waals surface area contributed by atoms with Gasteiger partial charge in [0.15, 0.2) is 5.13 Å². The predicted molar refractivity (Wildman–Crippen MR) is 132 cm³/mol. The number of amides is 1. The van der Waals surface area contributed by atoms with Crippen molar-refractivity contribution in [2.24, 2.45) is 0 Å². The Morgan fingerprint density at radius 2 is 1.94 bits per heavy atom. The number of nitrogens with zero attached hydrogens (tertiary/aromatic N) is 3. The van der Waals surface area contributed by atoms with Gasteiger partial charge in [-0.2, -0.15) is 0 Å². The molecule has 0 aliphatic heterocycles. The van der Waals surface area contributed by atoms with E-state index in [0.29, 0.717) is 15.3 Å². The van der Waals surface area contributed by atoms with Crippen LogP contribution in [0.15, 0.2) is 59.0 Å². The van der Waals surface area contributed by atoms with Crippen molar-refractivity contribution in [2.75, 3.05) is 5.32 Å². The van der Waals surface area contributed by atoms with E-state index in [-0.39, 0.29) is 11.5 Å². The number of carbonyl (C=O) groups is 1. The van der Waals surface area contributed by atoms with Crippen molar-refractivity contribution < 1.29 is 4.79 Å². The summed E-state index contributed by atoms with van der Waals surface area (Å²) in [6.45, 7) is 5.81. The Morgan fingerprint density at radius 3 is 2.72 bits per heavy atom. The van der Waals surface area contributed by atoms with E-state index in [1.54, 1.807) is 6.92 Å². The lowest BCUT2D eigenvalue weighted by molar-refractivity contribution is -0.118. The zero-order chi connectivity index (χ0) is 22.4. The van der Waals surface area contributed by atoms with Crippen molar-refractivity contribution >= 4 is 54.1 Å². The van der Waals surface area contributed by atoms with Gasteiger partial charge in [0.2, 0.25) is 5.91 Å². The SMILES string of the molecule is Cc1ccc(-c2csc3ncn(C(C)C(=O)Nc4nc5ccccc5s4)c(=O)c23)cc1C. The molecule has 0 aliphatic carbocycles. The van der Waals surface area contributed by atoms with Crippen LogP contribution in [0.2, 0.25) is 0 Å². The molecule has 2 aromatic carbocycles. The first-order valence-corrected chi connectivity index (χ1v) is 11.8. The Labute approximate surface area is 192 Å². The molecule has 8 heteroatoms. The lowest BCUT2D eigenvalue weighted by Gasteiger charge is -2.14. The summed E-state index contributed by atoms with van der Waals surface area (Å²) in [5.41, 5.74) is 4.79. The molecule has 6 nitrogen and oxygen atoms in total. The average Bonchev–Trinajstić information content (AvgIpc) is 3.39. The zero-order valence-corrected chi connectivity index (χ0v) is 19.4. The largest absolute Gasteiger partial charge is 0.300 e. The first kappa shape index (κ1) is 20.5. The van der Waals surface area contributed by atoms with E-state index in [2.05, 4.69) is 41.3 Å². The van der Waals surface area contributed by atoms with Crippen LogP contribution in [0, 0.1) is 13.8 Å². The molecule has 1 amide bonds. The summed E-state index contributed by atoms with van der Waals surface area (Å²) < 4.78 is 2.38. The Morgan fingerprint density at radius 1 is 1.12 bits per heavy atom. The van der Waals surface area contributed by atoms with E-state index in [1.165, 1.54) is 39.1 Å². The minimum atomic E-state index is -0.737. The highest BCUT2D eigenvalue weighted by Gasteiger charge is 2.21. The van der Waals surface area contributed by atoms with Crippen LogP contribution in [0.3, 0.4) is 0 Å². The van der Waals surface area contributed by atoms with Crippen molar-refractivity contribution in [3.05, 3.63) is 75.7 Å². The number of para-hydroxylation sites is 1. The second-order valence-electron chi connectivity index (χ2n) is 7.74. The molecule has 5 aromatic rings. The lowest BCUT2D eigenvalue weighted by atomic mass is 10.0. The van der Waals surface area contributed by atoms with E-state index < -0.39 is 6.04 Å². The molecule has 160 valence electrons. The average molecular weight is 461 g/mol. The van der Waals surface area contributed by atoms with E-state index in [9.17, 15) is 9.59 Å². The molecule has 3 aromatic heterocycles. The minimum Gasteiger partial charge on any atom is -0.300 e. The molecule has 0 fully saturated rings. The fourth-order valence-corrected chi connectivity index (χ4v) is 5.38. The minimum absolute atomic E-state index is 0.226. The molecule has 0 spiro atoms. The first-order chi connectivity index (χ1) is 15.4. The number of fused-ring (bicyclic) bond motifs is 2. The Bertz CT molecular complexity index is 1510. The molecular formula is C24H20N4O2S2. The Balaban J connectivity index is 1.50. The fourth-order valence-electron chi connectivity index (χ4n) is 3.60. The third-order valence-corrected chi connectivity index (χ3v) is 7.50. The molecular weight excluding hydrogens is 440 g/mol. The first-order valence-electron chi connectivity index (χ1n) is 10.1. The van der Waals surface area contributed by atoms with Gasteiger partial charge in [-0.05, 0) is 49.6 Å². The van der Waals surface area contributed by atoms with E-state index in [1.807, 2.05) is 35.7 Å². The number of hydrogen-bond acceptors (Lipinski definition) is 6. The van der Waals surface area contributed by atoms with Gasteiger partial charge in [0.1, 0.15) is 10.9 Å². The second-order valence-corrected chi connectivity index (χ2v) is 9.63. The van der Waals surface area contributed by atoms with Crippen molar-refractivity contribution in [3.8, 4) is 11.1 Å². The van der Waals surface area contributed by atoms with Crippen LogP contribution in [-0.2, 0) is 4.79 Å². The maximum atomic E-state index is 13.4. The summed E-state index contributed by atoms with van der Waals surface area (Å²) in [4.78, 5) is 35.9. The van der Waals surface area contributed by atoms with Gasteiger partial charge in [-0.1, -0.05) is 41.7 Å². The second kappa shape index (κ2) is 7.96. The highest BCUT2D eigenvalue weighted by molar-refractivity contribution is 7.22. The third-order valence-electron chi connectivity index (χ3n) is 5.66. The van der Waals surface area contributed by atoms with Crippen LogP contribution >= 0.6 is 22.7 Å². The highest BCUT2D eigenvalue weighted by atomic mass is 32.1. The number of hydrogen-bond donors (Lipinski definition) is 1. The molecule has 0 saturated carbocycles. The van der Waals surface area contributed by atoms with Gasteiger partial charge in [0, 0.05) is 10.9 Å². The molecule has 5 rings (SSSR count). The summed E-state index contributed by atoms with van der Waals surface area (Å²) in [6.07, 6.45) is 1.45. The van der Waals surface area contributed by atoms with Crippen molar-refractivity contribution in [1.82, 2.24) is 14.5 Å². The number of nitrogens with one attached hydrogen (secondary N) is 1. The standard InChI is InChI=1S/C24H20N4O2S2/c1-13-8-9-16(10-14(13)2)17-11-31-22-20(17)23(30)28(12-25-22)15(3)21(29)27-24-26-18-6-4-5-7-19(18)32-24/h4-12,15H,1-3H3,(H,26,27,29). The molecule has 1 N–H and O–H groups in total. The number of thiophene rings is 1. The quantitative estimate of drug-likeness (QED) is 0.381. The summed E-state index contributed by atoms with van der Waals surface area (Å²) in [5, 5.41) is 5.85. The number of anilines is 1. The molecule has 32 heavy (non-hydrogen) atoms. The lowest BCUT2D eigenvalue weighted by Crippen LogP contribution is -2.31. The zero-order valence-electron chi connectivity index (χ0n) is 17.7. The molecule has 0 bridgehead atoms. The van der Waals surface area contributed by atoms with Crippen molar-refractivity contribution in [2.45, 2.75) is 26.8 Å². The molecule has 1 unspecified atom stereocenters. The van der Waals surface area contributed by atoms with Crippen molar-refractivity contribution in [1.29, 1.82) is 0 Å². The Hall–Kier alpha value is -3.36. The van der Waals surface area contributed by atoms with Crippen LogP contribution < -0.4 is 10.9 Å². The predicted octanol–water partition coefficient (Wildman–Crippen LogP) is 5.55. The monoisotopic (exact) mass is 460 g/mol. The normalized spacial score (nSPS) is 12.3. The van der Waals surface area contributed by atoms with Gasteiger partial charge in [0.25, 0.3) is 5.56 Å². The Kier molecular flexibility index (Phi) is 5.11. The van der Waals surface area contributed by atoms with Gasteiger partial charge < -0.3 is 5.32 Å². The maximum Gasteiger partial charge on any atom is 0.263 e. The van der Waals surface area contributed by atoms with Crippen LogP contribution in [0.5, 0.6) is 0 Å². The van der Waals surface area contributed by atoms with Crippen LogP contribution in [-0.4, -0.2) is 20.4 Å². The van der Waals surface area contributed by atoms with E-state index in [4.69, 9.17) is 0 Å². The fraction of sp³-hybridized carbons (Fsp3) is 0.167. The van der Waals surface area contributed by atoms with Gasteiger partial charge in [-0.25, -0.2) is 9.97 Å². The molecule has 1 atom stereocenters. The van der Waals surface area contributed by atoms with E-state index >= 15 is 0 Å². The van der Waals surface area contributed by atoms with Crippen LogP contribution in [0.4, 0.5) is 5.13 Å². The molecule has 0 radical (unpaired) electrons. The summed E-state index contributed by atoms with van der Waals surface area (Å²) in [5.74, 6) is -0.310. The molecule has 0 aliphatic rings. The number of aromatic nitrogens is 3. The van der Waals surface area contributed by atoms with Crippen molar-refractivity contribution in [3.63, 3.8) is 0 Å². The van der Waals surface area contributed by atoms with Gasteiger partial charge >= 0.3 is 0 Å². The summed E-state index contributed by atoms with van der Waals surface area (Å²) >= 11 is 2.84. The van der Waals surface area contributed by atoms with E-state index in [0.717, 1.165) is 26.9 Å². The maximum absolute atomic E-state index is 13.4. The third kappa shape index (κ3) is 3.51. The van der Waals surface area contributed by atoms with Crippen LogP contribution in [0.25, 0.3) is 31.6 Å². The topological polar surface area (TPSA) is 76.9 Å². The van der Waals surface area contributed by atoms with Gasteiger partial charge in [-0.15, -0.1) is 11.3 Å². The molecule has 0 saturated heterocycles. The van der Waals surface area contributed by atoms with Crippen LogP contribution in [0.1, 0.15) is 24.1 Å². The number of benzene rings is 2. The van der Waals surface area contributed by atoms with Gasteiger partial charge in [0.05, 0.1) is 21.9 Å². The number of thiazole rings is 1. The summed E-state index contributed by atoms with van der Waals surface area (Å²) in [7, 11) is 0. The number of aryl methyl sites for hydroxylation is 2. The smallest absolute Gasteiger partial charge is 0.263 e. The number of carbonyl (C=O) groups excluding carboxylic acids is 1. The molecule has 3 heterocycles. The number of rotatable bonds is 4. The van der Waals surface area contributed by atoms with Gasteiger partial charge in [-0.3, -0.25) is 14.2 Å². The summed E-state index contributed by atoms with van der Waals surface area (Å²) in [6, 6.07) is 13.1.